The molecule has 35 heavy (non-hydrogen) atoms. The van der Waals surface area contributed by atoms with Gasteiger partial charge in [-0.3, -0.25) is 14.5 Å². The summed E-state index contributed by atoms with van der Waals surface area (Å²) in [5.74, 6) is 2.46. The smallest absolute Gasteiger partial charge is 0.223 e. The van der Waals surface area contributed by atoms with Crippen LogP contribution in [0.3, 0.4) is 0 Å². The molecule has 0 aliphatic carbocycles. The van der Waals surface area contributed by atoms with Crippen LogP contribution < -0.4 is 14.2 Å². The number of hydrogen-bond acceptors (Lipinski definition) is 6. The van der Waals surface area contributed by atoms with Crippen molar-refractivity contribution in [1.82, 2.24) is 14.7 Å². The van der Waals surface area contributed by atoms with Gasteiger partial charge >= 0.3 is 0 Å². The molecule has 0 aromatic heterocycles. The summed E-state index contributed by atoms with van der Waals surface area (Å²) >= 11 is 0. The SMILES string of the molecule is COc1ccc(CCC(=O)N2CCOc3ccc(CN4CCN(C(C)=O)CC4)cc3C2)cc1OC. The molecule has 2 amide bonds. The topological polar surface area (TPSA) is 71.5 Å². The van der Waals surface area contributed by atoms with Crippen LogP contribution in [-0.4, -0.2) is 80.1 Å². The molecule has 2 aliphatic heterocycles. The predicted octanol–water partition coefficient (Wildman–Crippen LogP) is 2.72. The molecule has 0 spiro atoms. The Morgan fingerprint density at radius 1 is 0.886 bits per heavy atom. The Kier molecular flexibility index (Phi) is 8.13. The molecule has 2 aromatic rings. The molecule has 0 atom stereocenters. The molecule has 0 unspecified atom stereocenters. The van der Waals surface area contributed by atoms with Crippen LogP contribution in [0.4, 0.5) is 0 Å². The van der Waals surface area contributed by atoms with E-state index in [2.05, 4.69) is 17.0 Å². The molecule has 2 aliphatic rings. The first-order chi connectivity index (χ1) is 17.0. The van der Waals surface area contributed by atoms with Crippen LogP contribution in [0.1, 0.15) is 30.0 Å². The highest BCUT2D eigenvalue weighted by Crippen LogP contribution is 2.29. The third kappa shape index (κ3) is 6.25. The molecule has 8 nitrogen and oxygen atoms in total. The maximum Gasteiger partial charge on any atom is 0.223 e. The van der Waals surface area contributed by atoms with Gasteiger partial charge in [-0.15, -0.1) is 0 Å². The molecular formula is C27H35N3O5. The molecule has 0 radical (unpaired) electrons. The van der Waals surface area contributed by atoms with E-state index in [1.54, 1.807) is 21.1 Å². The molecule has 0 bridgehead atoms. The van der Waals surface area contributed by atoms with E-state index in [9.17, 15) is 9.59 Å². The second kappa shape index (κ2) is 11.4. The highest BCUT2D eigenvalue weighted by Gasteiger charge is 2.22. The fourth-order valence-corrected chi connectivity index (χ4v) is 4.68. The van der Waals surface area contributed by atoms with Crippen LogP contribution in [0.2, 0.25) is 0 Å². The molecule has 188 valence electrons. The van der Waals surface area contributed by atoms with Gasteiger partial charge in [0.25, 0.3) is 0 Å². The van der Waals surface area contributed by atoms with E-state index < -0.39 is 0 Å². The summed E-state index contributed by atoms with van der Waals surface area (Å²) in [6, 6.07) is 12.1. The average Bonchev–Trinajstić information content (AvgIpc) is 3.09. The molecule has 1 fully saturated rings. The van der Waals surface area contributed by atoms with Crippen molar-refractivity contribution in [3.05, 3.63) is 53.1 Å². The number of carbonyl (C=O) groups excluding carboxylic acids is 2. The number of carbonyl (C=O) groups is 2. The molecule has 0 N–H and O–H groups in total. The van der Waals surface area contributed by atoms with E-state index in [0.717, 1.165) is 49.6 Å². The van der Waals surface area contributed by atoms with E-state index in [-0.39, 0.29) is 11.8 Å². The fraction of sp³-hybridized carbons (Fsp3) is 0.481. The van der Waals surface area contributed by atoms with Crippen LogP contribution in [0.25, 0.3) is 0 Å². The highest BCUT2D eigenvalue weighted by atomic mass is 16.5. The lowest BCUT2D eigenvalue weighted by Crippen LogP contribution is -2.47. The van der Waals surface area contributed by atoms with Crippen molar-refractivity contribution in [1.29, 1.82) is 0 Å². The number of methoxy groups -OCH3 is 2. The van der Waals surface area contributed by atoms with E-state index >= 15 is 0 Å². The van der Waals surface area contributed by atoms with Gasteiger partial charge in [-0.1, -0.05) is 12.1 Å². The Morgan fingerprint density at radius 3 is 2.34 bits per heavy atom. The van der Waals surface area contributed by atoms with Crippen molar-refractivity contribution in [2.75, 3.05) is 53.6 Å². The normalized spacial score (nSPS) is 16.2. The Morgan fingerprint density at radius 2 is 1.63 bits per heavy atom. The molecule has 2 heterocycles. The molecular weight excluding hydrogens is 446 g/mol. The number of ether oxygens (including phenoxy) is 3. The molecule has 2 aromatic carbocycles. The zero-order chi connectivity index (χ0) is 24.8. The summed E-state index contributed by atoms with van der Waals surface area (Å²) in [6.07, 6.45) is 1.06. The van der Waals surface area contributed by atoms with E-state index in [4.69, 9.17) is 14.2 Å². The van der Waals surface area contributed by atoms with Crippen LogP contribution in [0.15, 0.2) is 36.4 Å². The summed E-state index contributed by atoms with van der Waals surface area (Å²) in [6.45, 7) is 7.34. The lowest BCUT2D eigenvalue weighted by Gasteiger charge is -2.34. The number of rotatable bonds is 7. The molecule has 4 rings (SSSR count). The number of nitrogens with zero attached hydrogens (tertiary/aromatic N) is 3. The van der Waals surface area contributed by atoms with Crippen LogP contribution in [0.5, 0.6) is 17.2 Å². The van der Waals surface area contributed by atoms with Crippen molar-refractivity contribution in [2.45, 2.75) is 32.9 Å². The van der Waals surface area contributed by atoms with Gasteiger partial charge in [-0.05, 0) is 41.8 Å². The number of fused-ring (bicyclic) bond motifs is 1. The van der Waals surface area contributed by atoms with Crippen molar-refractivity contribution in [2.24, 2.45) is 0 Å². The quantitative estimate of drug-likeness (QED) is 0.606. The number of hydrogen-bond donors (Lipinski definition) is 0. The lowest BCUT2D eigenvalue weighted by molar-refractivity contribution is -0.132. The second-order valence-corrected chi connectivity index (χ2v) is 9.08. The van der Waals surface area contributed by atoms with Gasteiger partial charge in [0.05, 0.1) is 20.8 Å². The average molecular weight is 482 g/mol. The summed E-state index contributed by atoms with van der Waals surface area (Å²) in [4.78, 5) is 30.8. The number of amides is 2. The highest BCUT2D eigenvalue weighted by molar-refractivity contribution is 5.76. The first-order valence-corrected chi connectivity index (χ1v) is 12.2. The standard InChI is InChI=1S/C27H35N3O5/c1-20(31)29-12-10-28(11-13-29)18-22-5-7-24-23(16-22)19-30(14-15-35-24)27(32)9-6-21-4-8-25(33-2)26(17-21)34-3/h4-5,7-8,16-17H,6,9-15,18-19H2,1-3H3. The van der Waals surface area contributed by atoms with Crippen LogP contribution in [0, 0.1) is 0 Å². The van der Waals surface area contributed by atoms with Gasteiger partial charge in [-0.2, -0.15) is 0 Å². The van der Waals surface area contributed by atoms with Crippen LogP contribution in [-0.2, 0) is 29.1 Å². The minimum Gasteiger partial charge on any atom is -0.493 e. The van der Waals surface area contributed by atoms with Crippen molar-refractivity contribution in [3.63, 3.8) is 0 Å². The Hall–Kier alpha value is -3.26. The van der Waals surface area contributed by atoms with Crippen LogP contribution >= 0.6 is 0 Å². The lowest BCUT2D eigenvalue weighted by atomic mass is 10.1. The second-order valence-electron chi connectivity index (χ2n) is 9.08. The third-order valence-corrected chi connectivity index (χ3v) is 6.76. The van der Waals surface area contributed by atoms with Crippen molar-refractivity contribution in [3.8, 4) is 17.2 Å². The van der Waals surface area contributed by atoms with E-state index in [1.165, 1.54) is 5.56 Å². The van der Waals surface area contributed by atoms with Gasteiger partial charge in [0, 0.05) is 58.2 Å². The van der Waals surface area contributed by atoms with Gasteiger partial charge < -0.3 is 24.0 Å². The number of piperazine rings is 1. The first-order valence-electron chi connectivity index (χ1n) is 12.2. The van der Waals surface area contributed by atoms with E-state index in [1.807, 2.05) is 34.1 Å². The monoisotopic (exact) mass is 481 g/mol. The summed E-state index contributed by atoms with van der Waals surface area (Å²) < 4.78 is 16.6. The van der Waals surface area contributed by atoms with Gasteiger partial charge in [0.15, 0.2) is 11.5 Å². The summed E-state index contributed by atoms with van der Waals surface area (Å²) in [7, 11) is 3.22. The Balaban J connectivity index is 1.36. The first kappa shape index (κ1) is 24.9. The predicted molar refractivity (Wildman–Crippen MR) is 133 cm³/mol. The molecule has 8 heteroatoms. The van der Waals surface area contributed by atoms with Gasteiger partial charge in [0.1, 0.15) is 12.4 Å². The van der Waals surface area contributed by atoms with E-state index in [0.29, 0.717) is 44.0 Å². The largest absolute Gasteiger partial charge is 0.493 e. The maximum absolute atomic E-state index is 13.1. The fourth-order valence-electron chi connectivity index (χ4n) is 4.68. The Labute approximate surface area is 207 Å². The summed E-state index contributed by atoms with van der Waals surface area (Å²) in [5.41, 5.74) is 3.28. The molecule has 1 saturated heterocycles. The third-order valence-electron chi connectivity index (χ3n) is 6.76. The number of aryl methyl sites for hydroxylation is 1. The Bertz CT molecular complexity index is 1050. The summed E-state index contributed by atoms with van der Waals surface area (Å²) in [5, 5.41) is 0. The van der Waals surface area contributed by atoms with Gasteiger partial charge in [-0.25, -0.2) is 0 Å². The minimum atomic E-state index is 0.113. The number of benzene rings is 2. The van der Waals surface area contributed by atoms with Crippen molar-refractivity contribution < 1.29 is 23.8 Å². The van der Waals surface area contributed by atoms with Gasteiger partial charge in [0.2, 0.25) is 11.8 Å². The molecule has 0 saturated carbocycles. The zero-order valence-electron chi connectivity index (χ0n) is 20.9. The maximum atomic E-state index is 13.1. The zero-order valence-corrected chi connectivity index (χ0v) is 20.9. The van der Waals surface area contributed by atoms with Crippen molar-refractivity contribution >= 4 is 11.8 Å². The minimum absolute atomic E-state index is 0.113.